The first-order valence-corrected chi connectivity index (χ1v) is 5.34. The van der Waals surface area contributed by atoms with Crippen LogP contribution in [-0.4, -0.2) is 20.3 Å². The topological polar surface area (TPSA) is 21.3 Å². The minimum atomic E-state index is -0.628. The molecule has 0 bridgehead atoms. The molecule has 0 aliphatic carbocycles. The van der Waals surface area contributed by atoms with Crippen LogP contribution in [0.25, 0.3) is 0 Å². The molecule has 0 amide bonds. The highest BCUT2D eigenvalue weighted by Gasteiger charge is 2.17. The average Bonchev–Trinajstić information content (AvgIpc) is 2.23. The van der Waals surface area contributed by atoms with Gasteiger partial charge in [-0.05, 0) is 18.7 Å². The molecule has 2 nitrogen and oxygen atoms in total. The van der Waals surface area contributed by atoms with Gasteiger partial charge in [0, 0.05) is 12.7 Å². The van der Waals surface area contributed by atoms with Gasteiger partial charge in [-0.25, -0.2) is 8.78 Å². The lowest BCUT2D eigenvalue weighted by Gasteiger charge is -2.18. The van der Waals surface area contributed by atoms with Crippen molar-refractivity contribution in [2.45, 2.75) is 13.0 Å². The van der Waals surface area contributed by atoms with Gasteiger partial charge in [-0.2, -0.15) is 0 Å². The molecular weight excluding hydrogens is 236 g/mol. The quantitative estimate of drug-likeness (QED) is 0.811. The predicted molar refractivity (Wildman–Crippen MR) is 59.7 cm³/mol. The molecular formula is C11H14ClF2NO. The Morgan fingerprint density at radius 2 is 2.06 bits per heavy atom. The van der Waals surface area contributed by atoms with E-state index in [1.807, 2.05) is 6.92 Å². The third kappa shape index (κ3) is 3.14. The van der Waals surface area contributed by atoms with Gasteiger partial charge in [-0.3, -0.25) is 0 Å². The van der Waals surface area contributed by atoms with E-state index in [2.05, 4.69) is 5.32 Å². The van der Waals surface area contributed by atoms with E-state index < -0.39 is 11.6 Å². The Morgan fingerprint density at radius 3 is 2.62 bits per heavy atom. The SMILES string of the molecule is CCNC(COC)c1cc(F)c(Cl)cc1F. The molecule has 0 heterocycles. The van der Waals surface area contributed by atoms with Crippen molar-refractivity contribution in [2.24, 2.45) is 0 Å². The normalized spacial score (nSPS) is 12.8. The molecule has 0 fully saturated rings. The number of hydrogen-bond acceptors (Lipinski definition) is 2. The lowest BCUT2D eigenvalue weighted by atomic mass is 10.1. The molecule has 0 radical (unpaired) electrons. The van der Waals surface area contributed by atoms with Gasteiger partial charge >= 0.3 is 0 Å². The van der Waals surface area contributed by atoms with Gasteiger partial charge in [0.25, 0.3) is 0 Å². The first kappa shape index (κ1) is 13.4. The van der Waals surface area contributed by atoms with Crippen molar-refractivity contribution in [3.05, 3.63) is 34.4 Å². The maximum atomic E-state index is 13.6. The minimum Gasteiger partial charge on any atom is -0.383 e. The van der Waals surface area contributed by atoms with Gasteiger partial charge in [-0.1, -0.05) is 18.5 Å². The van der Waals surface area contributed by atoms with Crippen molar-refractivity contribution in [1.29, 1.82) is 0 Å². The largest absolute Gasteiger partial charge is 0.383 e. The maximum absolute atomic E-state index is 13.6. The number of hydrogen-bond donors (Lipinski definition) is 1. The highest BCUT2D eigenvalue weighted by molar-refractivity contribution is 6.30. The number of rotatable bonds is 5. The van der Waals surface area contributed by atoms with Crippen LogP contribution in [0.15, 0.2) is 12.1 Å². The van der Waals surface area contributed by atoms with Crippen LogP contribution in [0.1, 0.15) is 18.5 Å². The zero-order valence-corrected chi connectivity index (χ0v) is 9.94. The maximum Gasteiger partial charge on any atom is 0.142 e. The lowest BCUT2D eigenvalue weighted by Crippen LogP contribution is -2.26. The fourth-order valence-corrected chi connectivity index (χ4v) is 1.63. The van der Waals surface area contributed by atoms with Crippen molar-refractivity contribution in [3.8, 4) is 0 Å². The Labute approximate surface area is 98.6 Å². The monoisotopic (exact) mass is 249 g/mol. The number of halogens is 3. The molecule has 0 aliphatic rings. The van der Waals surface area contributed by atoms with E-state index in [1.54, 1.807) is 0 Å². The Morgan fingerprint density at radius 1 is 1.38 bits per heavy atom. The Hall–Kier alpha value is -0.710. The van der Waals surface area contributed by atoms with Crippen molar-refractivity contribution in [1.82, 2.24) is 5.32 Å². The number of methoxy groups -OCH3 is 1. The number of nitrogens with one attached hydrogen (secondary N) is 1. The summed E-state index contributed by atoms with van der Waals surface area (Å²) in [6.45, 7) is 2.79. The van der Waals surface area contributed by atoms with Crippen molar-refractivity contribution in [2.75, 3.05) is 20.3 Å². The summed E-state index contributed by atoms with van der Waals surface area (Å²) >= 11 is 5.48. The fraction of sp³-hybridized carbons (Fsp3) is 0.455. The summed E-state index contributed by atoms with van der Waals surface area (Å²) in [5.74, 6) is -1.16. The Bertz CT molecular complexity index is 354. The highest BCUT2D eigenvalue weighted by atomic mass is 35.5. The van der Waals surface area contributed by atoms with E-state index in [4.69, 9.17) is 16.3 Å². The molecule has 1 aromatic rings. The Kier molecular flexibility index (Phi) is 5.12. The summed E-state index contributed by atoms with van der Waals surface area (Å²) < 4.78 is 31.8. The lowest BCUT2D eigenvalue weighted by molar-refractivity contribution is 0.166. The predicted octanol–water partition coefficient (Wildman–Crippen LogP) is 2.92. The van der Waals surface area contributed by atoms with E-state index in [1.165, 1.54) is 7.11 Å². The van der Waals surface area contributed by atoms with Gasteiger partial charge in [0.2, 0.25) is 0 Å². The van der Waals surface area contributed by atoms with E-state index in [-0.39, 0.29) is 23.2 Å². The second-order valence-corrected chi connectivity index (χ2v) is 3.76. The standard InChI is InChI=1S/C11H14ClF2NO/c1-3-15-11(6-16-2)7-4-10(14)8(12)5-9(7)13/h4-5,11,15H,3,6H2,1-2H3. The molecule has 0 saturated heterocycles. The van der Waals surface area contributed by atoms with Crippen LogP contribution in [0.5, 0.6) is 0 Å². The van der Waals surface area contributed by atoms with E-state index in [0.717, 1.165) is 12.1 Å². The van der Waals surface area contributed by atoms with Crippen molar-refractivity contribution >= 4 is 11.6 Å². The molecule has 0 aromatic heterocycles. The van der Waals surface area contributed by atoms with Gasteiger partial charge in [0.1, 0.15) is 11.6 Å². The average molecular weight is 250 g/mol. The smallest absolute Gasteiger partial charge is 0.142 e. The first-order chi connectivity index (χ1) is 7.60. The van der Waals surface area contributed by atoms with E-state index in [9.17, 15) is 8.78 Å². The zero-order chi connectivity index (χ0) is 12.1. The van der Waals surface area contributed by atoms with E-state index >= 15 is 0 Å². The molecule has 5 heteroatoms. The highest BCUT2D eigenvalue weighted by Crippen LogP contribution is 2.24. The molecule has 90 valence electrons. The third-order valence-corrected chi connectivity index (χ3v) is 2.49. The van der Waals surface area contributed by atoms with Crippen LogP contribution in [-0.2, 0) is 4.74 Å². The third-order valence-electron chi connectivity index (χ3n) is 2.20. The van der Waals surface area contributed by atoms with Crippen LogP contribution in [0.3, 0.4) is 0 Å². The summed E-state index contributed by atoms with van der Waals surface area (Å²) in [5.41, 5.74) is 0.227. The van der Waals surface area contributed by atoms with Gasteiger partial charge in [-0.15, -0.1) is 0 Å². The molecule has 16 heavy (non-hydrogen) atoms. The van der Waals surface area contributed by atoms with Gasteiger partial charge < -0.3 is 10.1 Å². The summed E-state index contributed by atoms with van der Waals surface area (Å²) in [7, 11) is 1.51. The molecule has 0 aliphatic heterocycles. The zero-order valence-electron chi connectivity index (χ0n) is 9.19. The summed E-state index contributed by atoms with van der Waals surface area (Å²) in [4.78, 5) is 0. The van der Waals surface area contributed by atoms with E-state index in [0.29, 0.717) is 6.54 Å². The molecule has 1 unspecified atom stereocenters. The molecule has 0 saturated carbocycles. The van der Waals surface area contributed by atoms with Crippen LogP contribution in [0, 0.1) is 11.6 Å². The molecule has 0 spiro atoms. The second kappa shape index (κ2) is 6.13. The van der Waals surface area contributed by atoms with Crippen LogP contribution in [0.2, 0.25) is 5.02 Å². The minimum absolute atomic E-state index is 0.214. The summed E-state index contributed by atoms with van der Waals surface area (Å²) in [5, 5.41) is 2.80. The Balaban J connectivity index is 3.03. The summed E-state index contributed by atoms with van der Waals surface area (Å²) in [6.07, 6.45) is 0. The van der Waals surface area contributed by atoms with Crippen LogP contribution >= 0.6 is 11.6 Å². The number of benzene rings is 1. The van der Waals surface area contributed by atoms with Crippen LogP contribution in [0.4, 0.5) is 8.78 Å². The molecule has 1 atom stereocenters. The number of ether oxygens (including phenoxy) is 1. The van der Waals surface area contributed by atoms with Crippen molar-refractivity contribution in [3.63, 3.8) is 0 Å². The van der Waals surface area contributed by atoms with Crippen LogP contribution < -0.4 is 5.32 Å². The van der Waals surface area contributed by atoms with Crippen molar-refractivity contribution < 1.29 is 13.5 Å². The number of likely N-dealkylation sites (N-methyl/N-ethyl adjacent to an activating group) is 1. The molecule has 1 N–H and O–H groups in total. The summed E-state index contributed by atoms with van der Waals surface area (Å²) in [6, 6.07) is 1.71. The fourth-order valence-electron chi connectivity index (χ4n) is 1.48. The first-order valence-electron chi connectivity index (χ1n) is 4.96. The van der Waals surface area contributed by atoms with Gasteiger partial charge in [0.05, 0.1) is 17.7 Å². The van der Waals surface area contributed by atoms with Gasteiger partial charge in [0.15, 0.2) is 0 Å². The molecule has 1 aromatic carbocycles. The second-order valence-electron chi connectivity index (χ2n) is 3.35. The molecule has 1 rings (SSSR count).